The highest BCUT2D eigenvalue weighted by molar-refractivity contribution is 5.45. The van der Waals surface area contributed by atoms with Gasteiger partial charge in [0.05, 0.1) is 11.7 Å². The molecule has 2 aliphatic rings. The first-order chi connectivity index (χ1) is 12.3. The van der Waals surface area contributed by atoms with Gasteiger partial charge in [-0.15, -0.1) is 15.3 Å². The maximum atomic E-state index is 12.2. The normalized spacial score (nSPS) is 18.8. The maximum absolute atomic E-state index is 12.2. The third kappa shape index (κ3) is 2.67. The molecule has 3 aromatic rings. The van der Waals surface area contributed by atoms with Gasteiger partial charge in [-0.25, -0.2) is 4.68 Å². The van der Waals surface area contributed by atoms with Gasteiger partial charge in [0.1, 0.15) is 12.1 Å². The van der Waals surface area contributed by atoms with Gasteiger partial charge in [0, 0.05) is 25.1 Å². The maximum Gasteiger partial charge on any atom is 0.267 e. The Kier molecular flexibility index (Phi) is 3.29. The Labute approximate surface area is 144 Å². The van der Waals surface area contributed by atoms with Crippen molar-refractivity contribution >= 4 is 11.5 Å². The summed E-state index contributed by atoms with van der Waals surface area (Å²) >= 11 is 0. The van der Waals surface area contributed by atoms with Crippen LogP contribution in [-0.4, -0.2) is 42.7 Å². The van der Waals surface area contributed by atoms with E-state index in [0.29, 0.717) is 5.92 Å². The lowest BCUT2D eigenvalue weighted by molar-refractivity contribution is 0.349. The lowest BCUT2D eigenvalue weighted by Crippen LogP contribution is -2.39. The quantitative estimate of drug-likeness (QED) is 0.719. The summed E-state index contributed by atoms with van der Waals surface area (Å²) in [7, 11) is 0. The Balaban J connectivity index is 1.34. The van der Waals surface area contributed by atoms with Gasteiger partial charge in [-0.2, -0.15) is 9.61 Å². The fourth-order valence-corrected chi connectivity index (χ4v) is 3.53. The number of anilines is 1. The van der Waals surface area contributed by atoms with Crippen LogP contribution in [-0.2, 0) is 0 Å². The molecule has 0 radical (unpaired) electrons. The molecule has 25 heavy (non-hydrogen) atoms. The van der Waals surface area contributed by atoms with Crippen LogP contribution in [0.15, 0.2) is 35.4 Å². The molecule has 1 saturated heterocycles. The smallest absolute Gasteiger partial charge is 0.267 e. The van der Waals surface area contributed by atoms with Gasteiger partial charge in [-0.1, -0.05) is 0 Å². The van der Waals surface area contributed by atoms with Gasteiger partial charge in [-0.3, -0.25) is 4.79 Å². The number of piperidine rings is 1. The molecule has 1 aliphatic carbocycles. The minimum absolute atomic E-state index is 0.00637. The molecule has 1 aliphatic heterocycles. The van der Waals surface area contributed by atoms with E-state index in [1.165, 1.54) is 12.8 Å². The van der Waals surface area contributed by atoms with E-state index in [1.54, 1.807) is 21.6 Å². The molecule has 8 nitrogen and oxygen atoms in total. The summed E-state index contributed by atoms with van der Waals surface area (Å²) in [5.74, 6) is 1.48. The van der Waals surface area contributed by atoms with E-state index >= 15 is 0 Å². The molecule has 0 N–H and O–H groups in total. The molecule has 0 aromatic carbocycles. The van der Waals surface area contributed by atoms with Gasteiger partial charge in [0.15, 0.2) is 5.65 Å². The summed E-state index contributed by atoms with van der Waals surface area (Å²) in [6, 6.07) is 7.63. The van der Waals surface area contributed by atoms with Gasteiger partial charge in [0.2, 0.25) is 0 Å². The molecule has 128 valence electrons. The van der Waals surface area contributed by atoms with Gasteiger partial charge >= 0.3 is 0 Å². The molecule has 2 fully saturated rings. The lowest BCUT2D eigenvalue weighted by Gasteiger charge is -2.32. The summed E-state index contributed by atoms with van der Waals surface area (Å²) in [6.45, 7) is 1.71. The van der Waals surface area contributed by atoms with Gasteiger partial charge in [0.25, 0.3) is 5.56 Å². The third-order valence-electron chi connectivity index (χ3n) is 5.12. The average molecular weight is 337 g/mol. The van der Waals surface area contributed by atoms with Crippen LogP contribution < -0.4 is 10.5 Å². The average Bonchev–Trinajstić information content (AvgIpc) is 3.39. The number of hydrogen-bond donors (Lipinski definition) is 0. The van der Waals surface area contributed by atoms with E-state index < -0.39 is 0 Å². The van der Waals surface area contributed by atoms with Crippen molar-refractivity contribution in [2.45, 2.75) is 37.6 Å². The number of aromatic nitrogens is 6. The van der Waals surface area contributed by atoms with Crippen molar-refractivity contribution in [3.63, 3.8) is 0 Å². The molecule has 1 saturated carbocycles. The van der Waals surface area contributed by atoms with Crippen LogP contribution in [0, 0.1) is 0 Å². The Morgan fingerprint density at radius 2 is 1.80 bits per heavy atom. The van der Waals surface area contributed by atoms with Crippen LogP contribution in [0.3, 0.4) is 0 Å². The molecule has 5 rings (SSSR count). The number of fused-ring (bicyclic) bond motifs is 1. The Morgan fingerprint density at radius 1 is 0.960 bits per heavy atom. The zero-order chi connectivity index (χ0) is 16.8. The van der Waals surface area contributed by atoms with Crippen molar-refractivity contribution < 1.29 is 0 Å². The van der Waals surface area contributed by atoms with Crippen LogP contribution >= 0.6 is 0 Å². The second-order valence-corrected chi connectivity index (χ2v) is 6.86. The van der Waals surface area contributed by atoms with Crippen LogP contribution in [0.1, 0.15) is 43.3 Å². The van der Waals surface area contributed by atoms with Crippen LogP contribution in [0.4, 0.5) is 5.82 Å². The largest absolute Gasteiger partial charge is 0.355 e. The number of nitrogens with zero attached hydrogens (tertiary/aromatic N) is 7. The predicted octanol–water partition coefficient (Wildman–Crippen LogP) is 1.40. The molecule has 0 bridgehead atoms. The highest BCUT2D eigenvalue weighted by atomic mass is 16.1. The molecule has 0 amide bonds. The zero-order valence-electron chi connectivity index (χ0n) is 13.8. The minimum Gasteiger partial charge on any atom is -0.355 e. The molecule has 0 atom stereocenters. The highest BCUT2D eigenvalue weighted by Crippen LogP contribution is 2.38. The fraction of sp³-hybridized carbons (Fsp3) is 0.471. The second-order valence-electron chi connectivity index (χ2n) is 6.86. The van der Waals surface area contributed by atoms with Gasteiger partial charge in [-0.05, 0) is 43.9 Å². The van der Waals surface area contributed by atoms with Gasteiger partial charge < -0.3 is 4.90 Å². The van der Waals surface area contributed by atoms with Crippen molar-refractivity contribution in [2.75, 3.05) is 18.0 Å². The topological polar surface area (TPSA) is 81.2 Å². The highest BCUT2D eigenvalue weighted by Gasteiger charge is 2.28. The van der Waals surface area contributed by atoms with Crippen LogP contribution in [0.25, 0.3) is 5.65 Å². The van der Waals surface area contributed by atoms with E-state index in [4.69, 9.17) is 0 Å². The van der Waals surface area contributed by atoms with Crippen molar-refractivity contribution in [1.29, 1.82) is 0 Å². The summed E-state index contributed by atoms with van der Waals surface area (Å²) < 4.78 is 3.40. The zero-order valence-corrected chi connectivity index (χ0v) is 13.8. The monoisotopic (exact) mass is 337 g/mol. The molecule has 8 heteroatoms. The summed E-state index contributed by atoms with van der Waals surface area (Å²) in [6.07, 6.45) is 5.78. The third-order valence-corrected chi connectivity index (χ3v) is 5.12. The number of rotatable bonds is 3. The van der Waals surface area contributed by atoms with Crippen molar-refractivity contribution in [3.8, 4) is 0 Å². The summed E-state index contributed by atoms with van der Waals surface area (Å²) in [5, 5.41) is 17.0. The molecule has 3 aromatic heterocycles. The van der Waals surface area contributed by atoms with Crippen LogP contribution in [0.2, 0.25) is 0 Å². The molecular weight excluding hydrogens is 318 g/mol. The predicted molar refractivity (Wildman–Crippen MR) is 91.7 cm³/mol. The van der Waals surface area contributed by atoms with E-state index in [2.05, 4.69) is 25.3 Å². The molecule has 0 spiro atoms. The number of hydrogen-bond acceptors (Lipinski definition) is 6. The molecule has 4 heterocycles. The Morgan fingerprint density at radius 3 is 2.60 bits per heavy atom. The van der Waals surface area contributed by atoms with E-state index in [-0.39, 0.29) is 11.6 Å². The lowest BCUT2D eigenvalue weighted by atomic mass is 10.1. The van der Waals surface area contributed by atoms with Crippen molar-refractivity contribution in [3.05, 3.63) is 46.6 Å². The molecule has 0 unspecified atom stereocenters. The SMILES string of the molecule is O=c1ccc(C2CC2)nn1C1CCN(c2ccc3nncn3n2)CC1. The van der Waals surface area contributed by atoms with Crippen molar-refractivity contribution in [2.24, 2.45) is 0 Å². The Hall–Kier alpha value is -2.77. The first kappa shape index (κ1) is 14.6. The molecular formula is C17H19N7O. The van der Waals surface area contributed by atoms with E-state index in [0.717, 1.165) is 43.1 Å². The minimum atomic E-state index is 0.00637. The Bertz CT molecular complexity index is 966. The first-order valence-corrected chi connectivity index (χ1v) is 8.80. The second kappa shape index (κ2) is 5.65. The van der Waals surface area contributed by atoms with Crippen molar-refractivity contribution in [1.82, 2.24) is 29.6 Å². The fourth-order valence-electron chi connectivity index (χ4n) is 3.53. The summed E-state index contributed by atoms with van der Waals surface area (Å²) in [4.78, 5) is 14.5. The van der Waals surface area contributed by atoms with Crippen LogP contribution in [0.5, 0.6) is 0 Å². The summed E-state index contributed by atoms with van der Waals surface area (Å²) in [5.41, 5.74) is 1.82. The van der Waals surface area contributed by atoms with E-state index in [9.17, 15) is 4.79 Å². The standard InChI is InChI=1S/C17H19N7O/c25-17-6-3-14(12-1-2-12)20-24(17)13-7-9-22(10-8-13)16-5-4-15-19-18-11-23(15)21-16/h3-6,11-13H,1-2,7-10H2. The first-order valence-electron chi connectivity index (χ1n) is 8.80. The van der Waals surface area contributed by atoms with E-state index in [1.807, 2.05) is 18.2 Å².